The number of carbonyl (C=O) groups excluding carboxylic acids is 2. The first-order valence-corrected chi connectivity index (χ1v) is 5.33. The molecule has 15 heavy (non-hydrogen) atoms. The van der Waals surface area contributed by atoms with E-state index in [2.05, 4.69) is 15.5 Å². The van der Waals surface area contributed by atoms with Gasteiger partial charge in [0.2, 0.25) is 11.8 Å². The predicted octanol–water partition coefficient (Wildman–Crippen LogP) is -0.667. The van der Waals surface area contributed by atoms with E-state index < -0.39 is 0 Å². The van der Waals surface area contributed by atoms with Crippen LogP contribution < -0.4 is 10.6 Å². The summed E-state index contributed by atoms with van der Waals surface area (Å²) in [5, 5.41) is 5.45. The van der Waals surface area contributed by atoms with E-state index in [1.54, 1.807) is 0 Å². The highest BCUT2D eigenvalue weighted by atomic mass is 16.2. The Morgan fingerprint density at radius 3 is 2.53 bits per heavy atom. The lowest BCUT2D eigenvalue weighted by molar-refractivity contribution is -0.125. The predicted molar refractivity (Wildman–Crippen MR) is 57.3 cm³/mol. The summed E-state index contributed by atoms with van der Waals surface area (Å²) in [5.74, 6) is 0.00239. The van der Waals surface area contributed by atoms with E-state index in [1.165, 1.54) is 6.92 Å². The lowest BCUT2D eigenvalue weighted by atomic mass is 10.2. The van der Waals surface area contributed by atoms with Crippen molar-refractivity contribution in [1.82, 2.24) is 15.5 Å². The number of hydrogen-bond acceptors (Lipinski definition) is 3. The Morgan fingerprint density at radius 1 is 1.33 bits per heavy atom. The molecule has 0 bridgehead atoms. The quantitative estimate of drug-likeness (QED) is 0.609. The van der Waals surface area contributed by atoms with Crippen LogP contribution in [0.15, 0.2) is 0 Å². The third-order valence-corrected chi connectivity index (χ3v) is 2.62. The average molecular weight is 213 g/mol. The van der Waals surface area contributed by atoms with Gasteiger partial charge in [-0.15, -0.1) is 0 Å². The molecule has 86 valence electrons. The molecule has 1 rings (SSSR count). The van der Waals surface area contributed by atoms with Gasteiger partial charge in [0, 0.05) is 20.0 Å². The van der Waals surface area contributed by atoms with Crippen LogP contribution in [0.25, 0.3) is 0 Å². The number of hydrogen-bond donors (Lipinski definition) is 2. The van der Waals surface area contributed by atoms with Crippen molar-refractivity contribution in [3.8, 4) is 0 Å². The number of rotatable bonds is 4. The zero-order valence-corrected chi connectivity index (χ0v) is 9.38. The molecule has 1 fully saturated rings. The summed E-state index contributed by atoms with van der Waals surface area (Å²) in [7, 11) is 1.96. The van der Waals surface area contributed by atoms with Gasteiger partial charge in [-0.05, 0) is 26.4 Å². The third-order valence-electron chi connectivity index (χ3n) is 2.62. The van der Waals surface area contributed by atoms with Gasteiger partial charge in [0.1, 0.15) is 0 Å². The maximum Gasteiger partial charge on any atom is 0.237 e. The first-order valence-electron chi connectivity index (χ1n) is 5.33. The molecule has 0 radical (unpaired) electrons. The van der Waals surface area contributed by atoms with Crippen LogP contribution in [-0.4, -0.2) is 49.4 Å². The van der Waals surface area contributed by atoms with E-state index in [1.807, 2.05) is 7.05 Å². The fourth-order valence-electron chi connectivity index (χ4n) is 1.78. The minimum absolute atomic E-state index is 0.0160. The fourth-order valence-corrected chi connectivity index (χ4v) is 1.78. The van der Waals surface area contributed by atoms with Gasteiger partial charge < -0.3 is 10.6 Å². The highest BCUT2D eigenvalue weighted by Gasteiger charge is 2.26. The molecule has 1 heterocycles. The lowest BCUT2D eigenvalue weighted by Gasteiger charge is -2.18. The molecule has 0 spiro atoms. The van der Waals surface area contributed by atoms with Crippen molar-refractivity contribution < 1.29 is 9.59 Å². The molecule has 1 aliphatic heterocycles. The standard InChI is InChI=1S/C10H19N3O2/c1-8(14)11-5-6-12-10(15)9-4-3-7-13(9)2/h9H,3-7H2,1-2H3,(H,11,14)(H,12,15). The molecule has 0 aromatic rings. The molecule has 2 amide bonds. The van der Waals surface area contributed by atoms with Crippen molar-refractivity contribution in [3.63, 3.8) is 0 Å². The van der Waals surface area contributed by atoms with Crippen LogP contribution in [0.3, 0.4) is 0 Å². The highest BCUT2D eigenvalue weighted by molar-refractivity contribution is 5.82. The molecule has 5 heteroatoms. The molecule has 0 aromatic heterocycles. The number of nitrogens with one attached hydrogen (secondary N) is 2. The Balaban J connectivity index is 2.15. The summed E-state index contributed by atoms with van der Waals surface area (Å²) in [5.41, 5.74) is 0. The molecule has 1 atom stereocenters. The molecule has 0 aliphatic carbocycles. The van der Waals surface area contributed by atoms with Gasteiger partial charge in [-0.2, -0.15) is 0 Å². The van der Waals surface area contributed by atoms with Crippen LogP contribution in [0.1, 0.15) is 19.8 Å². The van der Waals surface area contributed by atoms with Crippen LogP contribution in [0, 0.1) is 0 Å². The van der Waals surface area contributed by atoms with E-state index in [9.17, 15) is 9.59 Å². The summed E-state index contributed by atoms with van der Waals surface area (Å²) in [6, 6.07) is 0.0160. The highest BCUT2D eigenvalue weighted by Crippen LogP contribution is 2.14. The van der Waals surface area contributed by atoms with Gasteiger partial charge in [0.15, 0.2) is 0 Å². The van der Waals surface area contributed by atoms with E-state index in [0.717, 1.165) is 19.4 Å². The van der Waals surface area contributed by atoms with Crippen molar-refractivity contribution in [3.05, 3.63) is 0 Å². The molecule has 0 saturated carbocycles. The summed E-state index contributed by atoms with van der Waals surface area (Å²) in [6.07, 6.45) is 2.02. The van der Waals surface area contributed by atoms with Gasteiger partial charge in [0.25, 0.3) is 0 Å². The molecule has 0 aromatic carbocycles. The Morgan fingerprint density at radius 2 is 2.00 bits per heavy atom. The van der Waals surface area contributed by atoms with Crippen molar-refractivity contribution in [2.75, 3.05) is 26.7 Å². The molecule has 2 N–H and O–H groups in total. The first kappa shape index (κ1) is 12.0. The number of likely N-dealkylation sites (N-methyl/N-ethyl adjacent to an activating group) is 1. The smallest absolute Gasteiger partial charge is 0.237 e. The summed E-state index contributed by atoms with van der Waals surface area (Å²) in [4.78, 5) is 24.3. The Kier molecular flexibility index (Phi) is 4.55. The number of likely N-dealkylation sites (tertiary alicyclic amines) is 1. The molecular formula is C10H19N3O2. The van der Waals surface area contributed by atoms with Gasteiger partial charge >= 0.3 is 0 Å². The monoisotopic (exact) mass is 213 g/mol. The average Bonchev–Trinajstić information content (AvgIpc) is 2.58. The number of amides is 2. The van der Waals surface area contributed by atoms with Crippen molar-refractivity contribution in [2.45, 2.75) is 25.8 Å². The molecule has 5 nitrogen and oxygen atoms in total. The van der Waals surface area contributed by atoms with Crippen molar-refractivity contribution >= 4 is 11.8 Å². The summed E-state index contributed by atoms with van der Waals surface area (Å²) >= 11 is 0. The molecule has 1 unspecified atom stereocenters. The minimum atomic E-state index is -0.0674. The van der Waals surface area contributed by atoms with Gasteiger partial charge in [-0.25, -0.2) is 0 Å². The Labute approximate surface area is 90.2 Å². The second-order valence-corrected chi connectivity index (χ2v) is 3.91. The van der Waals surface area contributed by atoms with Crippen LogP contribution in [0.4, 0.5) is 0 Å². The number of carbonyl (C=O) groups is 2. The van der Waals surface area contributed by atoms with Crippen molar-refractivity contribution in [1.29, 1.82) is 0 Å². The second kappa shape index (κ2) is 5.70. The van der Waals surface area contributed by atoms with Crippen LogP contribution in [0.2, 0.25) is 0 Å². The zero-order chi connectivity index (χ0) is 11.3. The van der Waals surface area contributed by atoms with Crippen LogP contribution >= 0.6 is 0 Å². The summed E-state index contributed by atoms with van der Waals surface area (Å²) < 4.78 is 0. The van der Waals surface area contributed by atoms with Crippen molar-refractivity contribution in [2.24, 2.45) is 0 Å². The second-order valence-electron chi connectivity index (χ2n) is 3.91. The van der Waals surface area contributed by atoms with Gasteiger partial charge in [0.05, 0.1) is 6.04 Å². The van der Waals surface area contributed by atoms with Crippen LogP contribution in [0.5, 0.6) is 0 Å². The Hall–Kier alpha value is -1.10. The van der Waals surface area contributed by atoms with Gasteiger partial charge in [-0.1, -0.05) is 0 Å². The topological polar surface area (TPSA) is 61.4 Å². The Bertz CT molecular complexity index is 243. The maximum absolute atomic E-state index is 11.6. The van der Waals surface area contributed by atoms with E-state index in [4.69, 9.17) is 0 Å². The molecular weight excluding hydrogens is 194 g/mol. The van der Waals surface area contributed by atoms with Crippen LogP contribution in [-0.2, 0) is 9.59 Å². The van der Waals surface area contributed by atoms with Gasteiger partial charge in [-0.3, -0.25) is 14.5 Å². The zero-order valence-electron chi connectivity index (χ0n) is 9.38. The lowest BCUT2D eigenvalue weighted by Crippen LogP contribution is -2.43. The maximum atomic E-state index is 11.6. The third kappa shape index (κ3) is 3.87. The van der Waals surface area contributed by atoms with E-state index in [0.29, 0.717) is 13.1 Å². The molecule has 1 aliphatic rings. The fraction of sp³-hybridized carbons (Fsp3) is 0.800. The SMILES string of the molecule is CC(=O)NCCNC(=O)C1CCCN1C. The number of nitrogens with zero attached hydrogens (tertiary/aromatic N) is 1. The largest absolute Gasteiger partial charge is 0.355 e. The van der Waals surface area contributed by atoms with E-state index >= 15 is 0 Å². The first-order chi connectivity index (χ1) is 7.11. The van der Waals surface area contributed by atoms with E-state index in [-0.39, 0.29) is 17.9 Å². The normalized spacial score (nSPS) is 21.3. The molecule has 1 saturated heterocycles. The summed E-state index contributed by atoms with van der Waals surface area (Å²) in [6.45, 7) is 3.45. The minimum Gasteiger partial charge on any atom is -0.355 e.